The van der Waals surface area contributed by atoms with Gasteiger partial charge < -0.3 is 4.74 Å². The Bertz CT molecular complexity index is 749. The highest BCUT2D eigenvalue weighted by Gasteiger charge is 2.65. The number of carbonyl (C=O) groups is 2. The number of halogens is 1. The SMILES string of the molecule is CC(=O)O[C@H]1CC[C@@]2(C)[C@H](C1)[C@@H](Br)C(=O)[C@@H]1[C@@H]2CC[C@]2(C)[C@@H]([C@@H](C)CCCC(C)C)CC[C@@H]12. The van der Waals surface area contributed by atoms with Gasteiger partial charge in [0.15, 0.2) is 0 Å². The van der Waals surface area contributed by atoms with Gasteiger partial charge in [0.05, 0.1) is 4.83 Å². The second-order valence-electron chi connectivity index (χ2n) is 13.2. The summed E-state index contributed by atoms with van der Waals surface area (Å²) in [6.45, 7) is 13.7. The number of esters is 1. The predicted octanol–water partition coefficient (Wildman–Crippen LogP) is 7.59. The molecule has 4 heteroatoms. The molecule has 0 aromatic carbocycles. The number of alkyl halides is 1. The van der Waals surface area contributed by atoms with E-state index in [0.717, 1.165) is 37.0 Å². The highest BCUT2D eigenvalue weighted by molar-refractivity contribution is 9.10. The van der Waals surface area contributed by atoms with Crippen LogP contribution in [-0.2, 0) is 14.3 Å². The Morgan fingerprint density at radius 1 is 1.00 bits per heavy atom. The first-order valence-electron chi connectivity index (χ1n) is 13.8. The molecule has 4 fully saturated rings. The predicted molar refractivity (Wildman–Crippen MR) is 137 cm³/mol. The summed E-state index contributed by atoms with van der Waals surface area (Å²) < 4.78 is 5.61. The summed E-state index contributed by atoms with van der Waals surface area (Å²) in [5, 5.41) is 0. The third kappa shape index (κ3) is 4.49. The Balaban J connectivity index is 1.53. The van der Waals surface area contributed by atoms with Crippen LogP contribution in [-0.4, -0.2) is 22.7 Å². The van der Waals surface area contributed by atoms with Crippen LogP contribution in [0.15, 0.2) is 0 Å². The van der Waals surface area contributed by atoms with Gasteiger partial charge in [-0.2, -0.15) is 0 Å². The molecule has 3 nitrogen and oxygen atoms in total. The second kappa shape index (κ2) is 9.58. The van der Waals surface area contributed by atoms with Gasteiger partial charge in [-0.05, 0) is 91.3 Å². The lowest BCUT2D eigenvalue weighted by Crippen LogP contribution is -2.61. The van der Waals surface area contributed by atoms with Crippen molar-refractivity contribution in [1.29, 1.82) is 0 Å². The molecule has 188 valence electrons. The van der Waals surface area contributed by atoms with Crippen LogP contribution >= 0.6 is 15.9 Å². The maximum absolute atomic E-state index is 13.9. The van der Waals surface area contributed by atoms with Crippen molar-refractivity contribution in [3.8, 4) is 0 Å². The molecule has 4 aliphatic rings. The highest BCUT2D eigenvalue weighted by atomic mass is 79.9. The number of Topliss-reactive ketones (excluding diaryl/α,β-unsaturated/α-hetero) is 1. The average Bonchev–Trinajstić information content (AvgIpc) is 3.09. The molecule has 0 saturated heterocycles. The summed E-state index contributed by atoms with van der Waals surface area (Å²) in [5.74, 6) is 4.13. The summed E-state index contributed by atoms with van der Waals surface area (Å²) in [7, 11) is 0. The van der Waals surface area contributed by atoms with E-state index in [4.69, 9.17) is 4.74 Å². The zero-order chi connectivity index (χ0) is 24.1. The van der Waals surface area contributed by atoms with E-state index < -0.39 is 0 Å². The maximum atomic E-state index is 13.9. The smallest absolute Gasteiger partial charge is 0.302 e. The van der Waals surface area contributed by atoms with E-state index in [9.17, 15) is 9.59 Å². The van der Waals surface area contributed by atoms with Crippen LogP contribution in [0.1, 0.15) is 106 Å². The zero-order valence-electron chi connectivity index (χ0n) is 21.9. The molecule has 0 heterocycles. The Hall–Kier alpha value is -0.380. The lowest BCUT2D eigenvalue weighted by Gasteiger charge is -2.61. The minimum absolute atomic E-state index is 0.0265. The second-order valence-corrected chi connectivity index (χ2v) is 14.2. The third-order valence-electron chi connectivity index (χ3n) is 11.0. The molecule has 0 N–H and O–H groups in total. The van der Waals surface area contributed by atoms with Crippen LogP contribution in [0.2, 0.25) is 0 Å². The molecule has 4 aliphatic carbocycles. The van der Waals surface area contributed by atoms with E-state index >= 15 is 0 Å². The summed E-state index contributed by atoms with van der Waals surface area (Å²) in [6.07, 6.45) is 11.9. The van der Waals surface area contributed by atoms with E-state index in [1.54, 1.807) is 0 Å². The van der Waals surface area contributed by atoms with E-state index in [1.165, 1.54) is 51.9 Å². The Labute approximate surface area is 210 Å². The van der Waals surface area contributed by atoms with Crippen molar-refractivity contribution in [3.05, 3.63) is 0 Å². The number of hydrogen-bond acceptors (Lipinski definition) is 3. The molecule has 0 amide bonds. The number of ketones is 1. The largest absolute Gasteiger partial charge is 0.463 e. The molecule has 0 spiro atoms. The van der Waals surface area contributed by atoms with Gasteiger partial charge in [-0.15, -0.1) is 0 Å². The number of fused-ring (bicyclic) bond motifs is 5. The number of carbonyl (C=O) groups excluding carboxylic acids is 2. The number of rotatable bonds is 6. The monoisotopic (exact) mass is 522 g/mol. The fourth-order valence-electron chi connectivity index (χ4n) is 9.27. The zero-order valence-corrected chi connectivity index (χ0v) is 23.5. The first kappa shape index (κ1) is 25.7. The molecular formula is C29H47BrO3. The summed E-state index contributed by atoms with van der Waals surface area (Å²) in [5.41, 5.74) is 0.491. The van der Waals surface area contributed by atoms with Gasteiger partial charge in [-0.1, -0.05) is 69.8 Å². The van der Waals surface area contributed by atoms with Crippen LogP contribution in [0.5, 0.6) is 0 Å². The molecule has 33 heavy (non-hydrogen) atoms. The topological polar surface area (TPSA) is 43.4 Å². The van der Waals surface area contributed by atoms with Crippen LogP contribution in [0.3, 0.4) is 0 Å². The first-order valence-corrected chi connectivity index (χ1v) is 14.8. The molecular weight excluding hydrogens is 476 g/mol. The van der Waals surface area contributed by atoms with Crippen molar-refractivity contribution < 1.29 is 14.3 Å². The highest BCUT2D eigenvalue weighted by Crippen LogP contribution is 2.68. The van der Waals surface area contributed by atoms with Crippen LogP contribution in [0, 0.1) is 52.3 Å². The normalized spacial score (nSPS) is 45.8. The third-order valence-corrected chi connectivity index (χ3v) is 12.1. The van der Waals surface area contributed by atoms with Crippen molar-refractivity contribution in [2.45, 2.75) is 117 Å². The molecule has 0 aromatic heterocycles. The van der Waals surface area contributed by atoms with Crippen LogP contribution < -0.4 is 0 Å². The molecule has 4 rings (SSSR count). The van der Waals surface area contributed by atoms with E-state index in [2.05, 4.69) is 50.5 Å². The van der Waals surface area contributed by atoms with Crippen molar-refractivity contribution >= 4 is 27.7 Å². The van der Waals surface area contributed by atoms with Crippen molar-refractivity contribution in [2.75, 3.05) is 0 Å². The standard InChI is InChI=1S/C29H47BrO3/c1-17(2)8-7-9-18(3)21-10-11-22-25-23(13-15-28(21,22)5)29(6)14-12-20(33-19(4)31)16-24(29)26(30)27(25)32/h17-18,20-26H,7-16H2,1-6H3/t18-,20-,21+,22-,23-,24+,25-,26+,28+,29+/m0/s1. The molecule has 0 unspecified atom stereocenters. The van der Waals surface area contributed by atoms with Gasteiger partial charge in [0.1, 0.15) is 11.9 Å². The molecule has 0 bridgehead atoms. The van der Waals surface area contributed by atoms with Crippen molar-refractivity contribution in [1.82, 2.24) is 0 Å². The number of ether oxygens (including phenoxy) is 1. The number of hydrogen-bond donors (Lipinski definition) is 0. The molecule has 4 saturated carbocycles. The lowest BCUT2D eigenvalue weighted by atomic mass is 9.44. The van der Waals surface area contributed by atoms with E-state index in [0.29, 0.717) is 23.0 Å². The summed E-state index contributed by atoms with van der Waals surface area (Å²) >= 11 is 3.90. The minimum atomic E-state index is -0.192. The average molecular weight is 524 g/mol. The molecule has 10 atom stereocenters. The quantitative estimate of drug-likeness (QED) is 0.266. The van der Waals surface area contributed by atoms with Gasteiger partial charge in [0.2, 0.25) is 0 Å². The Morgan fingerprint density at radius 2 is 1.67 bits per heavy atom. The molecule has 0 aromatic rings. The molecule has 0 radical (unpaired) electrons. The van der Waals surface area contributed by atoms with Gasteiger partial charge in [0, 0.05) is 12.8 Å². The summed E-state index contributed by atoms with van der Waals surface area (Å²) in [6, 6.07) is 0. The van der Waals surface area contributed by atoms with Crippen LogP contribution in [0.25, 0.3) is 0 Å². The lowest BCUT2D eigenvalue weighted by molar-refractivity contribution is -0.166. The van der Waals surface area contributed by atoms with Gasteiger partial charge >= 0.3 is 5.97 Å². The van der Waals surface area contributed by atoms with Crippen LogP contribution in [0.4, 0.5) is 0 Å². The fraction of sp³-hybridized carbons (Fsp3) is 0.931. The Morgan fingerprint density at radius 3 is 2.33 bits per heavy atom. The summed E-state index contributed by atoms with van der Waals surface area (Å²) in [4.78, 5) is 25.4. The first-order chi connectivity index (χ1) is 15.5. The maximum Gasteiger partial charge on any atom is 0.302 e. The van der Waals surface area contributed by atoms with Gasteiger partial charge in [-0.3, -0.25) is 9.59 Å². The fourth-order valence-corrected chi connectivity index (χ4v) is 10.4. The van der Waals surface area contributed by atoms with Gasteiger partial charge in [-0.25, -0.2) is 0 Å². The van der Waals surface area contributed by atoms with E-state index in [1.807, 2.05) is 0 Å². The van der Waals surface area contributed by atoms with Gasteiger partial charge in [0.25, 0.3) is 0 Å². The molecule has 0 aliphatic heterocycles. The minimum Gasteiger partial charge on any atom is -0.463 e. The van der Waals surface area contributed by atoms with Crippen molar-refractivity contribution in [2.24, 2.45) is 52.3 Å². The van der Waals surface area contributed by atoms with Crippen molar-refractivity contribution in [3.63, 3.8) is 0 Å². The Kier molecular flexibility index (Phi) is 7.46. The van der Waals surface area contributed by atoms with E-state index in [-0.39, 0.29) is 34.2 Å².